The highest BCUT2D eigenvalue weighted by Crippen LogP contribution is 2.40. The Kier molecular flexibility index (Phi) is 7.20. The molecule has 0 unspecified atom stereocenters. The third-order valence-corrected chi connectivity index (χ3v) is 6.79. The minimum Gasteiger partial charge on any atom is -0.324 e. The molecule has 4 rings (SSSR count). The van der Waals surface area contributed by atoms with Crippen LogP contribution in [-0.4, -0.2) is 0 Å². The van der Waals surface area contributed by atoms with Gasteiger partial charge in [0.1, 0.15) is 6.07 Å². The zero-order chi connectivity index (χ0) is 22.7. The summed E-state index contributed by atoms with van der Waals surface area (Å²) < 4.78 is 3.32. The second-order valence-electron chi connectivity index (χ2n) is 6.85. The molecule has 0 heterocycles. The topological polar surface area (TPSA) is 35.8 Å². The molecule has 1 N–H and O–H groups in total. The molecular weight excluding hydrogens is 502 g/mol. The van der Waals surface area contributed by atoms with Crippen LogP contribution in [0.2, 0.25) is 20.1 Å². The molecule has 0 saturated heterocycles. The summed E-state index contributed by atoms with van der Waals surface area (Å²) in [6.07, 6.45) is 0. The minimum absolute atomic E-state index is 0.500. The Labute approximate surface area is 210 Å². The van der Waals surface area contributed by atoms with E-state index in [0.717, 1.165) is 27.1 Å². The first-order valence-electron chi connectivity index (χ1n) is 9.42. The molecule has 7 heteroatoms. The van der Waals surface area contributed by atoms with Crippen molar-refractivity contribution in [3.05, 3.63) is 105 Å². The highest BCUT2D eigenvalue weighted by molar-refractivity contribution is 8.00. The van der Waals surface area contributed by atoms with Gasteiger partial charge in [-0.3, -0.25) is 0 Å². The third kappa shape index (κ3) is 5.18. The van der Waals surface area contributed by atoms with Crippen LogP contribution in [0.4, 0.5) is 5.69 Å². The van der Waals surface area contributed by atoms with Crippen molar-refractivity contribution in [2.24, 2.45) is 0 Å². The smallest absolute Gasteiger partial charge is 0.101 e. The Morgan fingerprint density at radius 2 is 1.25 bits per heavy atom. The van der Waals surface area contributed by atoms with Gasteiger partial charge in [0.2, 0.25) is 0 Å². The normalized spacial score (nSPS) is 10.6. The number of halogens is 4. The molecule has 2 nitrogen and oxygen atoms in total. The second-order valence-corrected chi connectivity index (χ2v) is 9.42. The number of anilines is 1. The van der Waals surface area contributed by atoms with Crippen LogP contribution in [0.3, 0.4) is 0 Å². The van der Waals surface area contributed by atoms with Crippen molar-refractivity contribution in [3.63, 3.8) is 0 Å². The van der Waals surface area contributed by atoms with E-state index >= 15 is 0 Å². The molecule has 0 aliphatic rings. The Bertz CT molecular complexity index is 1310. The standard InChI is InChI=1S/C25H14Cl4N2S/c26-19-5-1-15(2-6-19)17-11-18(14-30)25(22(12-17)16-3-7-20(27)8-4-16)31-32-24-10-9-21(28)13-23(24)29/h1-13,31H. The van der Waals surface area contributed by atoms with Gasteiger partial charge in [-0.2, -0.15) is 5.26 Å². The molecule has 0 saturated carbocycles. The van der Waals surface area contributed by atoms with Crippen molar-refractivity contribution in [2.45, 2.75) is 4.90 Å². The molecule has 0 fully saturated rings. The van der Waals surface area contributed by atoms with Crippen LogP contribution >= 0.6 is 58.4 Å². The first-order valence-corrected chi connectivity index (χ1v) is 11.8. The third-order valence-electron chi connectivity index (χ3n) is 4.75. The summed E-state index contributed by atoms with van der Waals surface area (Å²) in [4.78, 5) is 0.795. The average Bonchev–Trinajstić information content (AvgIpc) is 2.79. The summed E-state index contributed by atoms with van der Waals surface area (Å²) in [7, 11) is 0. The number of nitrogens with zero attached hydrogens (tertiary/aromatic N) is 1. The lowest BCUT2D eigenvalue weighted by Crippen LogP contribution is -1.97. The van der Waals surface area contributed by atoms with E-state index in [1.54, 1.807) is 12.1 Å². The SMILES string of the molecule is N#Cc1cc(-c2ccc(Cl)cc2)cc(-c2ccc(Cl)cc2)c1NSc1ccc(Cl)cc1Cl. The Hall–Kier alpha value is -2.32. The van der Waals surface area contributed by atoms with E-state index in [9.17, 15) is 5.26 Å². The van der Waals surface area contributed by atoms with E-state index in [-0.39, 0.29) is 0 Å². The Morgan fingerprint density at radius 1 is 0.656 bits per heavy atom. The highest BCUT2D eigenvalue weighted by Gasteiger charge is 2.15. The van der Waals surface area contributed by atoms with Gasteiger partial charge in [-0.1, -0.05) is 70.7 Å². The van der Waals surface area contributed by atoms with Crippen LogP contribution < -0.4 is 4.72 Å². The van der Waals surface area contributed by atoms with E-state index in [2.05, 4.69) is 10.8 Å². The van der Waals surface area contributed by atoms with Crippen molar-refractivity contribution in [3.8, 4) is 28.3 Å². The fourth-order valence-electron chi connectivity index (χ4n) is 3.17. The van der Waals surface area contributed by atoms with Gasteiger partial charge in [-0.15, -0.1) is 0 Å². The summed E-state index contributed by atoms with van der Waals surface area (Å²) in [5.74, 6) is 0. The maximum Gasteiger partial charge on any atom is 0.101 e. The highest BCUT2D eigenvalue weighted by atomic mass is 35.5. The average molecular weight is 516 g/mol. The summed E-state index contributed by atoms with van der Waals surface area (Å²) in [5.41, 5.74) is 4.84. The second kappa shape index (κ2) is 10.1. The summed E-state index contributed by atoms with van der Waals surface area (Å²) in [6.45, 7) is 0. The zero-order valence-corrected chi connectivity index (χ0v) is 20.2. The van der Waals surface area contributed by atoms with E-state index in [0.29, 0.717) is 31.3 Å². The molecule has 0 spiro atoms. The molecular formula is C25H14Cl4N2S. The van der Waals surface area contributed by atoms with Gasteiger partial charge in [-0.05, 0) is 83.2 Å². The van der Waals surface area contributed by atoms with Gasteiger partial charge < -0.3 is 4.72 Å². The molecule has 4 aromatic rings. The molecule has 0 radical (unpaired) electrons. The van der Waals surface area contributed by atoms with Gasteiger partial charge in [0.15, 0.2) is 0 Å². The first kappa shape index (κ1) is 22.9. The Balaban J connectivity index is 1.82. The number of hydrogen-bond acceptors (Lipinski definition) is 3. The van der Waals surface area contributed by atoms with Crippen molar-refractivity contribution >= 4 is 64.0 Å². The van der Waals surface area contributed by atoms with Crippen molar-refractivity contribution in [2.75, 3.05) is 4.72 Å². The molecule has 0 aliphatic carbocycles. The number of nitrogens with one attached hydrogen (secondary N) is 1. The van der Waals surface area contributed by atoms with Crippen molar-refractivity contribution in [1.82, 2.24) is 0 Å². The molecule has 0 amide bonds. The van der Waals surface area contributed by atoms with Gasteiger partial charge in [0.25, 0.3) is 0 Å². The lowest BCUT2D eigenvalue weighted by atomic mass is 9.94. The van der Waals surface area contributed by atoms with Crippen LogP contribution in [0, 0.1) is 11.3 Å². The summed E-state index contributed by atoms with van der Waals surface area (Å²) >= 11 is 25.8. The molecule has 0 bridgehead atoms. The van der Waals surface area contributed by atoms with Crippen LogP contribution in [0.25, 0.3) is 22.3 Å². The quantitative estimate of drug-likeness (QED) is 0.268. The van der Waals surface area contributed by atoms with E-state index in [1.807, 2.05) is 66.7 Å². The number of benzene rings is 4. The molecule has 0 aromatic heterocycles. The maximum atomic E-state index is 9.95. The number of nitriles is 1. The van der Waals surface area contributed by atoms with Crippen LogP contribution in [0.1, 0.15) is 5.56 Å². The molecule has 0 aliphatic heterocycles. The van der Waals surface area contributed by atoms with Gasteiger partial charge in [0, 0.05) is 25.5 Å². The van der Waals surface area contributed by atoms with E-state index in [1.165, 1.54) is 11.9 Å². The maximum absolute atomic E-state index is 9.95. The fourth-order valence-corrected chi connectivity index (χ4v) is 4.67. The lowest BCUT2D eigenvalue weighted by molar-refractivity contribution is 1.45. The Morgan fingerprint density at radius 3 is 1.84 bits per heavy atom. The first-order chi connectivity index (χ1) is 15.4. The molecule has 0 atom stereocenters. The van der Waals surface area contributed by atoms with E-state index in [4.69, 9.17) is 46.4 Å². The van der Waals surface area contributed by atoms with Gasteiger partial charge >= 0.3 is 0 Å². The zero-order valence-electron chi connectivity index (χ0n) is 16.4. The number of rotatable bonds is 5. The minimum atomic E-state index is 0.500. The fraction of sp³-hybridized carbons (Fsp3) is 0. The largest absolute Gasteiger partial charge is 0.324 e. The predicted octanol–water partition coefficient (Wildman–Crippen LogP) is 9.63. The van der Waals surface area contributed by atoms with Crippen molar-refractivity contribution < 1.29 is 0 Å². The molecule has 158 valence electrons. The molecule has 32 heavy (non-hydrogen) atoms. The summed E-state index contributed by atoms with van der Waals surface area (Å²) in [5, 5.41) is 12.3. The van der Waals surface area contributed by atoms with Gasteiger partial charge in [0.05, 0.1) is 16.3 Å². The predicted molar refractivity (Wildman–Crippen MR) is 138 cm³/mol. The monoisotopic (exact) mass is 514 g/mol. The van der Waals surface area contributed by atoms with Gasteiger partial charge in [-0.25, -0.2) is 0 Å². The molecule has 4 aromatic carbocycles. The van der Waals surface area contributed by atoms with Crippen LogP contribution in [-0.2, 0) is 0 Å². The van der Waals surface area contributed by atoms with Crippen LogP contribution in [0.15, 0.2) is 83.8 Å². The number of hydrogen-bond donors (Lipinski definition) is 1. The summed E-state index contributed by atoms with van der Waals surface area (Å²) in [6, 6.07) is 26.5. The van der Waals surface area contributed by atoms with E-state index < -0.39 is 0 Å². The lowest BCUT2D eigenvalue weighted by Gasteiger charge is -2.16. The van der Waals surface area contributed by atoms with Crippen molar-refractivity contribution in [1.29, 1.82) is 5.26 Å². The van der Waals surface area contributed by atoms with Crippen LogP contribution in [0.5, 0.6) is 0 Å².